The molecular weight excluding hydrogens is 200 g/mol. The summed E-state index contributed by atoms with van der Waals surface area (Å²) in [6, 6.07) is 6.42. The fraction of sp³-hybridized carbons (Fsp3) is 0.538. The third kappa shape index (κ3) is 3.04. The van der Waals surface area contributed by atoms with Crippen LogP contribution >= 0.6 is 0 Å². The third-order valence-corrected chi connectivity index (χ3v) is 2.97. The van der Waals surface area contributed by atoms with Gasteiger partial charge in [0.15, 0.2) is 0 Å². The first-order chi connectivity index (χ1) is 7.60. The van der Waals surface area contributed by atoms with E-state index in [9.17, 15) is 0 Å². The number of nitrogens with one attached hydrogen (secondary N) is 1. The number of hydrazine groups is 1. The molecule has 2 atom stereocenters. The molecule has 0 saturated heterocycles. The molecule has 3 heteroatoms. The zero-order valence-corrected chi connectivity index (χ0v) is 10.6. The summed E-state index contributed by atoms with van der Waals surface area (Å²) < 4.78 is 5.58. The molecule has 3 nitrogen and oxygen atoms in total. The molecule has 0 bridgehead atoms. The van der Waals surface area contributed by atoms with E-state index in [0.717, 1.165) is 0 Å². The molecule has 1 aromatic rings. The highest BCUT2D eigenvalue weighted by Gasteiger charge is 2.18. The second-order valence-electron chi connectivity index (χ2n) is 4.15. The molecule has 3 N–H and O–H groups in total. The van der Waals surface area contributed by atoms with Crippen LogP contribution in [0.4, 0.5) is 0 Å². The molecule has 1 rings (SSSR count). The number of rotatable bonds is 5. The summed E-state index contributed by atoms with van der Waals surface area (Å²) >= 11 is 0. The normalized spacial score (nSPS) is 14.8. The Morgan fingerprint density at radius 2 is 2.00 bits per heavy atom. The third-order valence-electron chi connectivity index (χ3n) is 2.97. The van der Waals surface area contributed by atoms with Crippen molar-refractivity contribution in [2.45, 2.75) is 39.8 Å². The molecule has 0 spiro atoms. The zero-order chi connectivity index (χ0) is 12.1. The van der Waals surface area contributed by atoms with Crippen LogP contribution in [0.25, 0.3) is 0 Å². The predicted molar refractivity (Wildman–Crippen MR) is 67.1 cm³/mol. The van der Waals surface area contributed by atoms with Gasteiger partial charge in [-0.3, -0.25) is 11.3 Å². The van der Waals surface area contributed by atoms with Gasteiger partial charge in [-0.1, -0.05) is 18.2 Å². The number of nitrogens with two attached hydrogens (primary N) is 1. The van der Waals surface area contributed by atoms with Crippen molar-refractivity contribution in [3.63, 3.8) is 0 Å². The average Bonchev–Trinajstić information content (AvgIpc) is 2.25. The van der Waals surface area contributed by atoms with Gasteiger partial charge in [-0.05, 0) is 44.4 Å². The number of hydrogen-bond acceptors (Lipinski definition) is 3. The van der Waals surface area contributed by atoms with Gasteiger partial charge < -0.3 is 4.74 Å². The Balaban J connectivity index is 2.90. The van der Waals surface area contributed by atoms with E-state index in [0.29, 0.717) is 6.61 Å². The maximum absolute atomic E-state index is 5.59. The van der Waals surface area contributed by atoms with Crippen molar-refractivity contribution < 1.29 is 4.74 Å². The van der Waals surface area contributed by atoms with Crippen LogP contribution in [0.2, 0.25) is 0 Å². The standard InChI is InChI=1S/C13H22N2O/c1-5-16-11(4)13(15-14)12-7-6-9(2)10(3)8-12/h6-8,11,13,15H,5,14H2,1-4H3. The Morgan fingerprint density at radius 1 is 1.31 bits per heavy atom. The summed E-state index contributed by atoms with van der Waals surface area (Å²) in [7, 11) is 0. The van der Waals surface area contributed by atoms with Gasteiger partial charge >= 0.3 is 0 Å². The minimum atomic E-state index is 0.0410. The topological polar surface area (TPSA) is 47.3 Å². The van der Waals surface area contributed by atoms with Gasteiger partial charge in [-0.2, -0.15) is 0 Å². The van der Waals surface area contributed by atoms with Gasteiger partial charge in [0.2, 0.25) is 0 Å². The molecule has 0 saturated carbocycles. The van der Waals surface area contributed by atoms with E-state index in [4.69, 9.17) is 10.6 Å². The molecule has 0 aliphatic carbocycles. The lowest BCUT2D eigenvalue weighted by Crippen LogP contribution is -2.36. The van der Waals surface area contributed by atoms with Crippen molar-refractivity contribution in [1.29, 1.82) is 0 Å². The largest absolute Gasteiger partial charge is 0.377 e. The molecule has 0 fully saturated rings. The van der Waals surface area contributed by atoms with Crippen molar-refractivity contribution in [3.05, 3.63) is 34.9 Å². The first-order valence-corrected chi connectivity index (χ1v) is 5.75. The van der Waals surface area contributed by atoms with Crippen LogP contribution in [0.5, 0.6) is 0 Å². The van der Waals surface area contributed by atoms with Gasteiger partial charge in [-0.25, -0.2) is 0 Å². The highest BCUT2D eigenvalue weighted by Crippen LogP contribution is 2.21. The minimum absolute atomic E-state index is 0.0410. The van der Waals surface area contributed by atoms with Crippen LogP contribution in [0.15, 0.2) is 18.2 Å². The fourth-order valence-corrected chi connectivity index (χ4v) is 1.82. The Bertz CT molecular complexity index is 339. The van der Waals surface area contributed by atoms with Crippen molar-refractivity contribution in [2.75, 3.05) is 6.61 Å². The Labute approximate surface area is 98.0 Å². The molecule has 0 heterocycles. The van der Waals surface area contributed by atoms with Crippen molar-refractivity contribution in [1.82, 2.24) is 5.43 Å². The van der Waals surface area contributed by atoms with E-state index >= 15 is 0 Å². The first-order valence-electron chi connectivity index (χ1n) is 5.75. The van der Waals surface area contributed by atoms with Crippen LogP contribution in [0.1, 0.15) is 36.6 Å². The van der Waals surface area contributed by atoms with E-state index in [1.165, 1.54) is 16.7 Å². The lowest BCUT2D eigenvalue weighted by Gasteiger charge is -2.24. The summed E-state index contributed by atoms with van der Waals surface area (Å²) in [5.41, 5.74) is 6.57. The Hall–Kier alpha value is -0.900. The molecule has 2 unspecified atom stereocenters. The molecule has 0 aliphatic heterocycles. The molecule has 0 radical (unpaired) electrons. The summed E-state index contributed by atoms with van der Waals surface area (Å²) in [6.45, 7) is 8.94. The number of ether oxygens (including phenoxy) is 1. The van der Waals surface area contributed by atoms with Crippen LogP contribution in [-0.2, 0) is 4.74 Å². The van der Waals surface area contributed by atoms with E-state index in [-0.39, 0.29) is 12.1 Å². The predicted octanol–water partition coefficient (Wildman–Crippen LogP) is 2.23. The molecule has 90 valence electrons. The highest BCUT2D eigenvalue weighted by molar-refractivity contribution is 5.32. The van der Waals surface area contributed by atoms with Gasteiger partial charge in [0, 0.05) is 6.61 Å². The number of benzene rings is 1. The van der Waals surface area contributed by atoms with Crippen LogP contribution in [0, 0.1) is 13.8 Å². The van der Waals surface area contributed by atoms with E-state index in [1.807, 2.05) is 13.8 Å². The molecular formula is C13H22N2O. The summed E-state index contributed by atoms with van der Waals surface area (Å²) in [6.07, 6.45) is 0.0668. The fourth-order valence-electron chi connectivity index (χ4n) is 1.82. The summed E-state index contributed by atoms with van der Waals surface area (Å²) in [5, 5.41) is 0. The Morgan fingerprint density at radius 3 is 2.50 bits per heavy atom. The first kappa shape index (κ1) is 13.2. The monoisotopic (exact) mass is 222 g/mol. The van der Waals surface area contributed by atoms with Gasteiger partial charge in [0.1, 0.15) is 0 Å². The van der Waals surface area contributed by atoms with Gasteiger partial charge in [0.25, 0.3) is 0 Å². The van der Waals surface area contributed by atoms with E-state index < -0.39 is 0 Å². The van der Waals surface area contributed by atoms with Gasteiger partial charge in [-0.15, -0.1) is 0 Å². The van der Waals surface area contributed by atoms with Crippen molar-refractivity contribution in [2.24, 2.45) is 5.84 Å². The maximum atomic E-state index is 5.59. The highest BCUT2D eigenvalue weighted by atomic mass is 16.5. The molecule has 0 aromatic heterocycles. The quantitative estimate of drug-likeness (QED) is 0.593. The summed E-state index contributed by atoms with van der Waals surface area (Å²) in [4.78, 5) is 0. The smallest absolute Gasteiger partial charge is 0.0754 e. The zero-order valence-electron chi connectivity index (χ0n) is 10.6. The van der Waals surface area contributed by atoms with E-state index in [2.05, 4.69) is 37.5 Å². The Kier molecular flexibility index (Phi) is 4.93. The number of hydrogen-bond donors (Lipinski definition) is 2. The lowest BCUT2D eigenvalue weighted by molar-refractivity contribution is 0.0472. The van der Waals surface area contributed by atoms with E-state index in [1.54, 1.807) is 0 Å². The van der Waals surface area contributed by atoms with Crippen LogP contribution in [-0.4, -0.2) is 12.7 Å². The SMILES string of the molecule is CCOC(C)C(NN)c1ccc(C)c(C)c1. The lowest BCUT2D eigenvalue weighted by atomic mass is 9.98. The van der Waals surface area contributed by atoms with Crippen molar-refractivity contribution in [3.8, 4) is 0 Å². The molecule has 16 heavy (non-hydrogen) atoms. The van der Waals surface area contributed by atoms with Crippen molar-refractivity contribution >= 4 is 0 Å². The van der Waals surface area contributed by atoms with Crippen LogP contribution < -0.4 is 11.3 Å². The summed E-state index contributed by atoms with van der Waals surface area (Å²) in [5.74, 6) is 5.59. The minimum Gasteiger partial charge on any atom is -0.377 e. The average molecular weight is 222 g/mol. The second kappa shape index (κ2) is 5.99. The molecule has 0 aliphatic rings. The maximum Gasteiger partial charge on any atom is 0.0754 e. The second-order valence-corrected chi connectivity index (χ2v) is 4.15. The van der Waals surface area contributed by atoms with Gasteiger partial charge in [0.05, 0.1) is 12.1 Å². The number of aryl methyl sites for hydroxylation is 2. The molecule has 0 amide bonds. The molecule has 1 aromatic carbocycles. The van der Waals surface area contributed by atoms with Crippen LogP contribution in [0.3, 0.4) is 0 Å².